The molecule has 0 aliphatic carbocycles. The number of nitrogens with zero attached hydrogens (tertiary/aromatic N) is 3. The third-order valence-corrected chi connectivity index (χ3v) is 4.19. The zero-order chi connectivity index (χ0) is 19.9. The Kier molecular flexibility index (Phi) is 4.26. The van der Waals surface area contributed by atoms with Crippen LogP contribution in [0.1, 0.15) is 5.69 Å². The summed E-state index contributed by atoms with van der Waals surface area (Å²) in [5.74, 6) is -0.675. The van der Waals surface area contributed by atoms with Gasteiger partial charge in [-0.2, -0.15) is 5.10 Å². The highest BCUT2D eigenvalue weighted by molar-refractivity contribution is 5.82. The van der Waals surface area contributed by atoms with Crippen LogP contribution in [-0.4, -0.2) is 21.0 Å². The molecule has 0 unspecified atom stereocenters. The quantitative estimate of drug-likeness (QED) is 0.441. The van der Waals surface area contributed by atoms with Gasteiger partial charge < -0.3 is 4.74 Å². The van der Waals surface area contributed by atoms with Gasteiger partial charge in [-0.25, -0.2) is 13.9 Å². The molecule has 2 aromatic heterocycles. The number of hydrogen-bond donors (Lipinski definition) is 0. The molecule has 0 saturated heterocycles. The number of alkyl halides is 3. The first-order valence-corrected chi connectivity index (χ1v) is 8.28. The Balaban J connectivity index is 1.86. The maximum Gasteiger partial charge on any atom is 0.573 e. The molecule has 4 nitrogen and oxygen atoms in total. The summed E-state index contributed by atoms with van der Waals surface area (Å²) in [6.45, 7) is 1.75. The van der Waals surface area contributed by atoms with E-state index in [0.717, 1.165) is 5.56 Å². The maximum absolute atomic E-state index is 13.2. The number of rotatable bonds is 3. The lowest BCUT2D eigenvalue weighted by Gasteiger charge is -2.10. The van der Waals surface area contributed by atoms with Crippen LogP contribution in [0.4, 0.5) is 17.6 Å². The average Bonchev–Trinajstić information content (AvgIpc) is 2.97. The minimum atomic E-state index is -4.78. The van der Waals surface area contributed by atoms with Gasteiger partial charge in [0.15, 0.2) is 5.65 Å². The van der Waals surface area contributed by atoms with Crippen molar-refractivity contribution in [3.05, 3.63) is 72.3 Å². The standard InChI is InChI=1S/C20H13F4N3O/c1-12-18(14-3-2-4-16(11-14)28-20(22,23)24)19-25-10-9-17(27(19)26-12)13-5-7-15(21)8-6-13/h2-11H,1H3. The van der Waals surface area contributed by atoms with Crippen LogP contribution in [0.3, 0.4) is 0 Å². The number of aryl methyl sites for hydroxylation is 1. The Labute approximate surface area is 157 Å². The van der Waals surface area contributed by atoms with Crippen LogP contribution in [0.15, 0.2) is 60.8 Å². The molecule has 0 saturated carbocycles. The number of benzene rings is 2. The second-order valence-electron chi connectivity index (χ2n) is 6.11. The number of ether oxygens (including phenoxy) is 1. The van der Waals surface area contributed by atoms with E-state index in [1.807, 2.05) is 0 Å². The van der Waals surface area contributed by atoms with E-state index in [0.29, 0.717) is 28.2 Å². The molecule has 4 rings (SSSR count). The molecule has 0 N–H and O–H groups in total. The summed E-state index contributed by atoms with van der Waals surface area (Å²) >= 11 is 0. The van der Waals surface area contributed by atoms with Crippen molar-refractivity contribution in [2.24, 2.45) is 0 Å². The Bertz CT molecular complexity index is 1150. The predicted octanol–water partition coefficient (Wildman–Crippen LogP) is 5.41. The summed E-state index contributed by atoms with van der Waals surface area (Å²) in [6.07, 6.45) is -3.20. The minimum Gasteiger partial charge on any atom is -0.406 e. The van der Waals surface area contributed by atoms with Crippen molar-refractivity contribution in [3.8, 4) is 28.1 Å². The van der Waals surface area contributed by atoms with E-state index in [1.165, 1.54) is 30.3 Å². The predicted molar refractivity (Wildman–Crippen MR) is 95.2 cm³/mol. The summed E-state index contributed by atoms with van der Waals surface area (Å²) in [5.41, 5.74) is 3.57. The van der Waals surface area contributed by atoms with Crippen LogP contribution >= 0.6 is 0 Å². The van der Waals surface area contributed by atoms with Gasteiger partial charge in [-0.05, 0) is 55.0 Å². The highest BCUT2D eigenvalue weighted by Crippen LogP contribution is 2.33. The summed E-state index contributed by atoms with van der Waals surface area (Å²) in [6, 6.07) is 13.3. The van der Waals surface area contributed by atoms with Crippen molar-refractivity contribution in [2.45, 2.75) is 13.3 Å². The van der Waals surface area contributed by atoms with Crippen LogP contribution in [-0.2, 0) is 0 Å². The lowest BCUT2D eigenvalue weighted by atomic mass is 10.1. The fraction of sp³-hybridized carbons (Fsp3) is 0.100. The Morgan fingerprint density at radius 3 is 2.43 bits per heavy atom. The molecule has 142 valence electrons. The third kappa shape index (κ3) is 3.40. The van der Waals surface area contributed by atoms with Crippen molar-refractivity contribution < 1.29 is 22.3 Å². The fourth-order valence-electron chi connectivity index (χ4n) is 3.08. The van der Waals surface area contributed by atoms with Gasteiger partial charge in [0.1, 0.15) is 11.6 Å². The van der Waals surface area contributed by atoms with Crippen molar-refractivity contribution >= 4 is 5.65 Å². The summed E-state index contributed by atoms with van der Waals surface area (Å²) in [5, 5.41) is 4.49. The first-order chi connectivity index (χ1) is 13.3. The second-order valence-corrected chi connectivity index (χ2v) is 6.11. The zero-order valence-electron chi connectivity index (χ0n) is 14.5. The van der Waals surface area contributed by atoms with Crippen LogP contribution in [0.25, 0.3) is 28.0 Å². The first-order valence-electron chi connectivity index (χ1n) is 8.28. The molecule has 4 aromatic rings. The van der Waals surface area contributed by atoms with Gasteiger partial charge in [0.25, 0.3) is 0 Å². The van der Waals surface area contributed by atoms with E-state index in [4.69, 9.17) is 0 Å². The van der Waals surface area contributed by atoms with Crippen molar-refractivity contribution in [2.75, 3.05) is 0 Å². The topological polar surface area (TPSA) is 39.4 Å². The van der Waals surface area contributed by atoms with Gasteiger partial charge >= 0.3 is 6.36 Å². The normalized spacial score (nSPS) is 11.8. The van der Waals surface area contributed by atoms with Gasteiger partial charge in [0.05, 0.1) is 11.4 Å². The average molecular weight is 387 g/mol. The van der Waals surface area contributed by atoms with Gasteiger partial charge in [0.2, 0.25) is 0 Å². The number of hydrogen-bond acceptors (Lipinski definition) is 3. The Morgan fingerprint density at radius 2 is 1.71 bits per heavy atom. The van der Waals surface area contributed by atoms with Crippen LogP contribution in [0.2, 0.25) is 0 Å². The van der Waals surface area contributed by atoms with Gasteiger partial charge in [-0.15, -0.1) is 13.2 Å². The molecule has 0 amide bonds. The van der Waals surface area contributed by atoms with Gasteiger partial charge in [-0.3, -0.25) is 0 Å². The van der Waals surface area contributed by atoms with Crippen molar-refractivity contribution in [1.29, 1.82) is 0 Å². The molecule has 2 aromatic carbocycles. The van der Waals surface area contributed by atoms with E-state index in [2.05, 4.69) is 14.8 Å². The molecule has 0 aliphatic heterocycles. The largest absolute Gasteiger partial charge is 0.573 e. The van der Waals surface area contributed by atoms with E-state index in [9.17, 15) is 17.6 Å². The molecule has 0 aliphatic rings. The monoisotopic (exact) mass is 387 g/mol. The van der Waals surface area contributed by atoms with E-state index < -0.39 is 6.36 Å². The number of fused-ring (bicyclic) bond motifs is 1. The van der Waals surface area contributed by atoms with Gasteiger partial charge in [0, 0.05) is 17.3 Å². The first kappa shape index (κ1) is 18.0. The van der Waals surface area contributed by atoms with E-state index >= 15 is 0 Å². The fourth-order valence-corrected chi connectivity index (χ4v) is 3.08. The SMILES string of the molecule is Cc1nn2c(-c3ccc(F)cc3)ccnc2c1-c1cccc(OC(F)(F)F)c1. The molecule has 0 fully saturated rings. The maximum atomic E-state index is 13.2. The Morgan fingerprint density at radius 1 is 0.964 bits per heavy atom. The molecule has 28 heavy (non-hydrogen) atoms. The summed E-state index contributed by atoms with van der Waals surface area (Å²) < 4.78 is 56.5. The molecule has 0 atom stereocenters. The van der Waals surface area contributed by atoms with E-state index in [1.54, 1.807) is 41.9 Å². The Hall–Kier alpha value is -3.42. The summed E-state index contributed by atoms with van der Waals surface area (Å²) in [4.78, 5) is 4.35. The second kappa shape index (κ2) is 6.63. The molecule has 8 heteroatoms. The van der Waals surface area contributed by atoms with Gasteiger partial charge in [-0.1, -0.05) is 12.1 Å². The molecule has 0 spiro atoms. The smallest absolute Gasteiger partial charge is 0.406 e. The molecule has 0 radical (unpaired) electrons. The summed E-state index contributed by atoms with van der Waals surface area (Å²) in [7, 11) is 0. The molecule has 0 bridgehead atoms. The molecule has 2 heterocycles. The van der Waals surface area contributed by atoms with Crippen LogP contribution < -0.4 is 4.74 Å². The van der Waals surface area contributed by atoms with Crippen LogP contribution in [0, 0.1) is 12.7 Å². The zero-order valence-corrected chi connectivity index (χ0v) is 14.5. The molecular formula is C20H13F4N3O. The number of aromatic nitrogens is 3. The number of halogens is 4. The minimum absolute atomic E-state index is 0.321. The lowest BCUT2D eigenvalue weighted by Crippen LogP contribution is -2.17. The third-order valence-electron chi connectivity index (χ3n) is 4.19. The van der Waals surface area contributed by atoms with E-state index in [-0.39, 0.29) is 11.6 Å². The van der Waals surface area contributed by atoms with Crippen LogP contribution in [0.5, 0.6) is 5.75 Å². The van der Waals surface area contributed by atoms with Crippen molar-refractivity contribution in [3.63, 3.8) is 0 Å². The molecular weight excluding hydrogens is 374 g/mol. The lowest BCUT2D eigenvalue weighted by molar-refractivity contribution is -0.274. The highest BCUT2D eigenvalue weighted by atomic mass is 19.4. The highest BCUT2D eigenvalue weighted by Gasteiger charge is 2.31. The van der Waals surface area contributed by atoms with Crippen molar-refractivity contribution in [1.82, 2.24) is 14.6 Å².